The van der Waals surface area contributed by atoms with Crippen LogP contribution in [-0.2, 0) is 0 Å². The first-order valence-electron chi connectivity index (χ1n) is 8.35. The molecule has 3 heterocycles. The van der Waals surface area contributed by atoms with Crippen LogP contribution in [0.15, 0.2) is 36.4 Å². The fraction of sp³-hybridized carbons (Fsp3) is 0.150. The molecule has 3 aromatic rings. The van der Waals surface area contributed by atoms with E-state index >= 15 is 0 Å². The molecule has 26 heavy (non-hydrogen) atoms. The molecule has 0 amide bonds. The van der Waals surface area contributed by atoms with Crippen molar-refractivity contribution in [2.75, 3.05) is 12.2 Å². The van der Waals surface area contributed by atoms with Crippen LogP contribution in [0.5, 0.6) is 11.5 Å². The Morgan fingerprint density at radius 1 is 1.08 bits per heavy atom. The van der Waals surface area contributed by atoms with E-state index in [0.29, 0.717) is 5.02 Å². The molecule has 0 unspecified atom stereocenters. The molecular formula is C20H16ClN3O2. The summed E-state index contributed by atoms with van der Waals surface area (Å²) >= 11 is 6.08. The molecule has 0 atom stereocenters. The zero-order valence-corrected chi connectivity index (χ0v) is 15.1. The third-order valence-corrected chi connectivity index (χ3v) is 5.08. The van der Waals surface area contributed by atoms with E-state index in [1.54, 1.807) is 0 Å². The molecule has 130 valence electrons. The number of aryl methyl sites for hydroxylation is 1. The topological polar surface area (TPSA) is 48.3 Å². The van der Waals surface area contributed by atoms with Gasteiger partial charge in [0.15, 0.2) is 17.3 Å². The van der Waals surface area contributed by atoms with Crippen molar-refractivity contribution in [2.45, 2.75) is 13.8 Å². The number of ether oxygens (including phenoxy) is 2. The third kappa shape index (κ3) is 2.28. The Hall–Kier alpha value is -2.92. The molecule has 2 aliphatic rings. The van der Waals surface area contributed by atoms with Gasteiger partial charge in [0, 0.05) is 15.8 Å². The maximum absolute atomic E-state index is 6.08. The summed E-state index contributed by atoms with van der Waals surface area (Å²) in [5.74, 6) is 2.35. The average molecular weight is 366 g/mol. The summed E-state index contributed by atoms with van der Waals surface area (Å²) in [6.45, 7) is 4.30. The van der Waals surface area contributed by atoms with Crippen molar-refractivity contribution in [2.24, 2.45) is 0 Å². The third-order valence-electron chi connectivity index (χ3n) is 4.83. The first kappa shape index (κ1) is 15.3. The maximum atomic E-state index is 6.08. The van der Waals surface area contributed by atoms with Crippen LogP contribution in [0.3, 0.4) is 0 Å². The molecule has 2 aromatic carbocycles. The molecular weight excluding hydrogens is 350 g/mol. The zero-order chi connectivity index (χ0) is 17.8. The summed E-state index contributed by atoms with van der Waals surface area (Å²) in [7, 11) is 0. The van der Waals surface area contributed by atoms with E-state index in [9.17, 15) is 0 Å². The Bertz CT molecular complexity index is 1160. The van der Waals surface area contributed by atoms with E-state index in [1.807, 2.05) is 54.9 Å². The zero-order valence-electron chi connectivity index (χ0n) is 14.3. The lowest BCUT2D eigenvalue weighted by Gasteiger charge is -2.14. The van der Waals surface area contributed by atoms with E-state index in [4.69, 9.17) is 21.1 Å². The maximum Gasteiger partial charge on any atom is 0.231 e. The van der Waals surface area contributed by atoms with Crippen molar-refractivity contribution in [3.05, 3.63) is 74.6 Å². The molecule has 1 N–H and O–H groups in total. The molecule has 0 saturated heterocycles. The van der Waals surface area contributed by atoms with Crippen LogP contribution in [0.2, 0.25) is 5.02 Å². The number of benzene rings is 2. The fourth-order valence-electron chi connectivity index (χ4n) is 3.32. The average Bonchev–Trinajstić information content (AvgIpc) is 3.14. The molecule has 0 aliphatic carbocycles. The van der Waals surface area contributed by atoms with E-state index in [1.165, 1.54) is 0 Å². The lowest BCUT2D eigenvalue weighted by atomic mass is 10.1. The van der Waals surface area contributed by atoms with Gasteiger partial charge in [-0.15, -0.1) is 0 Å². The predicted octanol–water partition coefficient (Wildman–Crippen LogP) is 2.42. The Morgan fingerprint density at radius 3 is 2.58 bits per heavy atom. The number of fused-ring (bicyclic) bond motifs is 3. The normalized spacial score (nSPS) is 14.2. The second-order valence-corrected chi connectivity index (χ2v) is 6.84. The number of imidazole rings is 1. The highest BCUT2D eigenvalue weighted by Gasteiger charge is 2.19. The quantitative estimate of drug-likeness (QED) is 0.719. The van der Waals surface area contributed by atoms with Crippen LogP contribution >= 0.6 is 11.6 Å². The molecule has 2 aliphatic heterocycles. The highest BCUT2D eigenvalue weighted by Crippen LogP contribution is 2.29. The number of aromatic nitrogens is 2. The second-order valence-electron chi connectivity index (χ2n) is 6.41. The van der Waals surface area contributed by atoms with Crippen LogP contribution in [0.1, 0.15) is 22.8 Å². The monoisotopic (exact) mass is 365 g/mol. The van der Waals surface area contributed by atoms with Crippen molar-refractivity contribution in [1.29, 1.82) is 0 Å². The number of halogens is 1. The summed E-state index contributed by atoms with van der Waals surface area (Å²) in [5, 5.41) is 2.75. The van der Waals surface area contributed by atoms with Crippen molar-refractivity contribution < 1.29 is 9.47 Å². The van der Waals surface area contributed by atoms with Crippen molar-refractivity contribution in [1.82, 2.24) is 9.66 Å². The Morgan fingerprint density at radius 2 is 1.81 bits per heavy atom. The number of hydrogen-bond acceptors (Lipinski definition) is 4. The molecule has 0 saturated carbocycles. The van der Waals surface area contributed by atoms with Crippen LogP contribution in [0.4, 0.5) is 0 Å². The highest BCUT2D eigenvalue weighted by atomic mass is 35.5. The van der Waals surface area contributed by atoms with Gasteiger partial charge in [0.2, 0.25) is 6.79 Å². The molecule has 6 heteroatoms. The minimum absolute atomic E-state index is 0.245. The minimum atomic E-state index is 0.245. The van der Waals surface area contributed by atoms with Crippen molar-refractivity contribution in [3.63, 3.8) is 0 Å². The van der Waals surface area contributed by atoms with Crippen molar-refractivity contribution >= 4 is 23.4 Å². The van der Waals surface area contributed by atoms with Crippen LogP contribution in [0.25, 0.3) is 11.8 Å². The molecule has 1 aromatic heterocycles. The number of rotatable bonds is 1. The van der Waals surface area contributed by atoms with E-state index in [-0.39, 0.29) is 6.79 Å². The fourth-order valence-corrected chi connectivity index (χ4v) is 3.44. The smallest absolute Gasteiger partial charge is 0.231 e. The summed E-state index contributed by atoms with van der Waals surface area (Å²) in [6.07, 6.45) is 2.06. The molecule has 0 bridgehead atoms. The summed E-state index contributed by atoms with van der Waals surface area (Å²) in [5.41, 5.74) is 7.58. The van der Waals surface area contributed by atoms with Crippen LogP contribution in [-0.4, -0.2) is 16.5 Å². The van der Waals surface area contributed by atoms with Gasteiger partial charge in [0.25, 0.3) is 0 Å². The number of nitrogens with zero attached hydrogens (tertiary/aromatic N) is 2. The lowest BCUT2D eigenvalue weighted by Crippen LogP contribution is -2.30. The molecule has 0 spiro atoms. The van der Waals surface area contributed by atoms with Gasteiger partial charge in [-0.25, -0.2) is 9.66 Å². The van der Waals surface area contributed by atoms with E-state index < -0.39 is 0 Å². The number of hydrogen-bond donors (Lipinski definition) is 1. The van der Waals surface area contributed by atoms with E-state index in [2.05, 4.69) is 16.5 Å². The first-order valence-corrected chi connectivity index (χ1v) is 8.72. The van der Waals surface area contributed by atoms with Gasteiger partial charge in [-0.1, -0.05) is 23.7 Å². The molecule has 0 radical (unpaired) electrons. The van der Waals surface area contributed by atoms with Gasteiger partial charge in [0.05, 0.1) is 17.1 Å². The Kier molecular flexibility index (Phi) is 3.27. The van der Waals surface area contributed by atoms with Gasteiger partial charge < -0.3 is 9.47 Å². The summed E-state index contributed by atoms with van der Waals surface area (Å²) in [4.78, 5) is 4.68. The van der Waals surface area contributed by atoms with Gasteiger partial charge >= 0.3 is 0 Å². The van der Waals surface area contributed by atoms with Crippen molar-refractivity contribution in [3.8, 4) is 11.5 Å². The summed E-state index contributed by atoms with van der Waals surface area (Å²) in [6, 6.07) is 11.8. The number of nitrogens with one attached hydrogen (secondary N) is 1. The van der Waals surface area contributed by atoms with Crippen LogP contribution in [0, 0.1) is 13.8 Å². The minimum Gasteiger partial charge on any atom is -0.454 e. The highest BCUT2D eigenvalue weighted by molar-refractivity contribution is 6.30. The lowest BCUT2D eigenvalue weighted by molar-refractivity contribution is 0.174. The second kappa shape index (κ2) is 5.54. The van der Waals surface area contributed by atoms with Gasteiger partial charge in [-0.3, -0.25) is 5.43 Å². The Labute approximate surface area is 155 Å². The Balaban J connectivity index is 1.87. The summed E-state index contributed by atoms with van der Waals surface area (Å²) < 4.78 is 13.2. The largest absolute Gasteiger partial charge is 0.454 e. The van der Waals surface area contributed by atoms with Gasteiger partial charge in [-0.2, -0.15) is 0 Å². The standard InChI is InChI=1S/C20H16ClN3O2/c1-11-12(2)24-19(22-11)8-14-7-17-18(26-10-25-17)9-16(14)20(23-24)13-3-5-15(21)6-4-13/h3-9,23H,10H2,1-2H3. The molecule has 5 rings (SSSR count). The van der Waals surface area contributed by atoms with Gasteiger partial charge in [-0.05, 0) is 49.4 Å². The predicted molar refractivity (Wildman–Crippen MR) is 100 cm³/mol. The van der Waals surface area contributed by atoms with E-state index in [0.717, 1.165) is 50.4 Å². The molecule has 0 fully saturated rings. The molecule has 5 nitrogen and oxygen atoms in total. The van der Waals surface area contributed by atoms with Crippen LogP contribution < -0.4 is 25.3 Å². The SMILES string of the molecule is Cc1nc2n(c1C)NC(c1ccc(Cl)cc1)=c1cc3c(cc1=C2)OCO3. The van der Waals surface area contributed by atoms with Gasteiger partial charge in [0.1, 0.15) is 0 Å². The first-order chi connectivity index (χ1) is 12.6.